The maximum absolute atomic E-state index is 13.8. The van der Waals surface area contributed by atoms with Gasteiger partial charge in [-0.3, -0.25) is 0 Å². The van der Waals surface area contributed by atoms with Crippen molar-refractivity contribution in [1.29, 1.82) is 0 Å². The molecule has 2 rings (SSSR count). The van der Waals surface area contributed by atoms with Crippen molar-refractivity contribution in [1.82, 2.24) is 0 Å². The zero-order chi connectivity index (χ0) is 16.7. The number of hydrogen-bond acceptors (Lipinski definition) is 1. The van der Waals surface area contributed by atoms with Gasteiger partial charge in [-0.15, -0.1) is 0 Å². The van der Waals surface area contributed by atoms with E-state index in [2.05, 4.69) is 0 Å². The molecule has 1 radical (unpaired) electrons. The number of alkyl halides is 1. The molecule has 0 fully saturated rings. The number of benzene rings is 1. The average Bonchev–Trinajstić information content (AvgIpc) is 2.42. The summed E-state index contributed by atoms with van der Waals surface area (Å²) in [6.07, 6.45) is 0.264. The van der Waals surface area contributed by atoms with E-state index in [1.165, 1.54) is 0 Å². The van der Waals surface area contributed by atoms with Crippen molar-refractivity contribution in [2.45, 2.75) is 18.4 Å². The minimum atomic E-state index is -2.91. The summed E-state index contributed by atoms with van der Waals surface area (Å²) in [6, 6.07) is 1.28. The smallest absolute Gasteiger partial charge is 0.182 e. The molecule has 2 atom stereocenters. The van der Waals surface area contributed by atoms with Crippen molar-refractivity contribution in [2.24, 2.45) is 0 Å². The zero-order valence-electron chi connectivity index (χ0n) is 11.6. The molecular weight excluding hydrogens is 309 g/mol. The standard InChI is InChI=1S/C14H10BF6O/c1-14(21)5-8(18)11(12(19)13(14)20)15-10-7(17)3-6(16)4-9(10)22-2/h3-5,11H,1-2H3. The highest BCUT2D eigenvalue weighted by atomic mass is 19.2. The van der Waals surface area contributed by atoms with Crippen LogP contribution in [0.1, 0.15) is 6.92 Å². The highest BCUT2D eigenvalue weighted by Gasteiger charge is 2.41. The van der Waals surface area contributed by atoms with Gasteiger partial charge >= 0.3 is 0 Å². The second kappa shape index (κ2) is 5.74. The van der Waals surface area contributed by atoms with E-state index in [1.807, 2.05) is 0 Å². The number of hydrogen-bond donors (Lipinski definition) is 0. The molecule has 0 saturated heterocycles. The number of halogens is 6. The van der Waals surface area contributed by atoms with Gasteiger partial charge in [0.25, 0.3) is 0 Å². The highest BCUT2D eigenvalue weighted by Crippen LogP contribution is 2.43. The lowest BCUT2D eigenvalue weighted by atomic mass is 9.56. The van der Waals surface area contributed by atoms with E-state index in [0.717, 1.165) is 13.2 Å². The minimum Gasteiger partial charge on any atom is -0.497 e. The van der Waals surface area contributed by atoms with E-state index >= 15 is 0 Å². The lowest BCUT2D eigenvalue weighted by Crippen LogP contribution is -2.31. The molecule has 1 nitrogen and oxygen atoms in total. The van der Waals surface area contributed by atoms with Crippen molar-refractivity contribution in [3.05, 3.63) is 47.3 Å². The molecule has 1 aromatic carbocycles. The summed E-state index contributed by atoms with van der Waals surface area (Å²) in [4.78, 5) is 0. The van der Waals surface area contributed by atoms with Crippen LogP contribution in [-0.2, 0) is 0 Å². The Hall–Kier alpha value is -1.86. The molecule has 0 bridgehead atoms. The fourth-order valence-electron chi connectivity index (χ4n) is 2.11. The van der Waals surface area contributed by atoms with Crippen LogP contribution in [0.15, 0.2) is 35.7 Å². The molecule has 117 valence electrons. The molecule has 1 aliphatic carbocycles. The van der Waals surface area contributed by atoms with Gasteiger partial charge in [-0.05, 0) is 18.5 Å². The van der Waals surface area contributed by atoms with E-state index < -0.39 is 46.1 Å². The minimum absolute atomic E-state index is 0.264. The lowest BCUT2D eigenvalue weighted by Gasteiger charge is -2.25. The topological polar surface area (TPSA) is 9.23 Å². The second-order valence-corrected chi connectivity index (χ2v) is 4.91. The van der Waals surface area contributed by atoms with Gasteiger partial charge in [0.2, 0.25) is 0 Å². The summed E-state index contributed by atoms with van der Waals surface area (Å²) < 4.78 is 86.4. The molecule has 1 aliphatic rings. The number of ether oxygens (including phenoxy) is 1. The molecule has 22 heavy (non-hydrogen) atoms. The van der Waals surface area contributed by atoms with Crippen LogP contribution < -0.4 is 10.2 Å². The monoisotopic (exact) mass is 319 g/mol. The first-order valence-corrected chi connectivity index (χ1v) is 6.18. The normalized spacial score (nSPS) is 25.1. The van der Waals surface area contributed by atoms with E-state index in [-0.39, 0.29) is 11.8 Å². The van der Waals surface area contributed by atoms with Crippen LogP contribution in [0.25, 0.3) is 0 Å². The van der Waals surface area contributed by atoms with Crippen LogP contribution in [0.3, 0.4) is 0 Å². The molecule has 1 aromatic rings. The average molecular weight is 319 g/mol. The van der Waals surface area contributed by atoms with Crippen molar-refractivity contribution >= 4 is 12.7 Å². The van der Waals surface area contributed by atoms with Crippen LogP contribution in [0.4, 0.5) is 26.3 Å². The van der Waals surface area contributed by atoms with Crippen molar-refractivity contribution in [2.75, 3.05) is 7.11 Å². The predicted molar refractivity (Wildman–Crippen MR) is 70.0 cm³/mol. The molecule has 0 heterocycles. The fourth-order valence-corrected chi connectivity index (χ4v) is 2.11. The second-order valence-electron chi connectivity index (χ2n) is 4.91. The molecule has 8 heteroatoms. The first kappa shape index (κ1) is 16.5. The maximum atomic E-state index is 13.8. The Labute approximate surface area is 123 Å². The molecule has 0 N–H and O–H groups in total. The van der Waals surface area contributed by atoms with Crippen LogP contribution >= 0.6 is 0 Å². The Kier molecular flexibility index (Phi) is 4.31. The highest BCUT2D eigenvalue weighted by molar-refractivity contribution is 6.57. The zero-order valence-corrected chi connectivity index (χ0v) is 11.6. The van der Waals surface area contributed by atoms with Gasteiger partial charge in [0.15, 0.2) is 18.8 Å². The number of allylic oxidation sites excluding steroid dienone is 4. The first-order chi connectivity index (χ1) is 10.2. The van der Waals surface area contributed by atoms with Crippen LogP contribution in [-0.4, -0.2) is 20.1 Å². The Bertz CT molecular complexity index is 668. The van der Waals surface area contributed by atoms with Gasteiger partial charge in [0.05, 0.1) is 7.11 Å². The quantitative estimate of drug-likeness (QED) is 0.608. The summed E-state index contributed by atoms with van der Waals surface area (Å²) in [5, 5.41) is 0. The van der Waals surface area contributed by atoms with E-state index in [4.69, 9.17) is 4.74 Å². The van der Waals surface area contributed by atoms with Gasteiger partial charge in [0.1, 0.15) is 29.0 Å². The van der Waals surface area contributed by atoms with Crippen molar-refractivity contribution in [3.63, 3.8) is 0 Å². The largest absolute Gasteiger partial charge is 0.497 e. The van der Waals surface area contributed by atoms with Gasteiger partial charge in [-0.1, -0.05) is 0 Å². The third kappa shape index (κ3) is 2.87. The summed E-state index contributed by atoms with van der Waals surface area (Å²) in [5.41, 5.74) is -3.37. The summed E-state index contributed by atoms with van der Waals surface area (Å²) in [7, 11) is 1.77. The molecule has 0 aliphatic heterocycles. The first-order valence-electron chi connectivity index (χ1n) is 6.18. The van der Waals surface area contributed by atoms with Gasteiger partial charge in [-0.2, -0.15) is 0 Å². The van der Waals surface area contributed by atoms with Crippen LogP contribution in [0, 0.1) is 11.6 Å². The van der Waals surface area contributed by atoms with Crippen LogP contribution in [0.2, 0.25) is 5.82 Å². The number of rotatable bonds is 3. The summed E-state index contributed by atoms with van der Waals surface area (Å²) in [6.45, 7) is 0.650. The Morgan fingerprint density at radius 3 is 2.36 bits per heavy atom. The van der Waals surface area contributed by atoms with Gasteiger partial charge in [-0.25, -0.2) is 26.3 Å². The summed E-state index contributed by atoms with van der Waals surface area (Å²) in [5.74, 6) is -9.21. The summed E-state index contributed by atoms with van der Waals surface area (Å²) >= 11 is 0. The Balaban J connectivity index is 2.44. The van der Waals surface area contributed by atoms with Crippen LogP contribution in [0.5, 0.6) is 5.75 Å². The Morgan fingerprint density at radius 1 is 1.14 bits per heavy atom. The van der Waals surface area contributed by atoms with Crippen molar-refractivity contribution < 1.29 is 31.1 Å². The number of methoxy groups -OCH3 is 1. The van der Waals surface area contributed by atoms with Gasteiger partial charge in [0, 0.05) is 17.9 Å². The SMILES string of the molecule is COc1cc(F)cc(F)c1[B]C1C(F)=CC(C)(F)C(F)=C1F. The molecule has 0 aromatic heterocycles. The third-order valence-corrected chi connectivity index (χ3v) is 3.23. The maximum Gasteiger partial charge on any atom is 0.182 e. The van der Waals surface area contributed by atoms with Gasteiger partial charge < -0.3 is 4.74 Å². The van der Waals surface area contributed by atoms with E-state index in [0.29, 0.717) is 20.3 Å². The Morgan fingerprint density at radius 2 is 1.77 bits per heavy atom. The van der Waals surface area contributed by atoms with E-state index in [1.54, 1.807) is 0 Å². The van der Waals surface area contributed by atoms with Crippen molar-refractivity contribution in [3.8, 4) is 5.75 Å². The molecular formula is C14H10BF6O. The molecule has 2 unspecified atom stereocenters. The fraction of sp³-hybridized carbons (Fsp3) is 0.286. The lowest BCUT2D eigenvalue weighted by molar-refractivity contribution is 0.233. The molecule has 0 spiro atoms. The van der Waals surface area contributed by atoms with E-state index in [9.17, 15) is 26.3 Å². The third-order valence-electron chi connectivity index (χ3n) is 3.23. The molecule has 0 amide bonds. The predicted octanol–water partition coefficient (Wildman–Crippen LogP) is 3.84. The molecule has 0 saturated carbocycles.